The molecule has 0 aliphatic heterocycles. The van der Waals surface area contributed by atoms with Gasteiger partial charge in [-0.25, -0.2) is 0 Å². The van der Waals surface area contributed by atoms with Gasteiger partial charge in [0.15, 0.2) is 0 Å². The summed E-state index contributed by atoms with van der Waals surface area (Å²) in [7, 11) is 1.55. The van der Waals surface area contributed by atoms with Gasteiger partial charge in [0.1, 0.15) is 0 Å². The number of hydrogen-bond acceptors (Lipinski definition) is 3. The SMILES string of the molecule is CCN(CC)CC(CC(=O)O)OC. The van der Waals surface area contributed by atoms with Crippen molar-refractivity contribution in [3.63, 3.8) is 0 Å². The summed E-state index contributed by atoms with van der Waals surface area (Å²) < 4.78 is 5.07. The topological polar surface area (TPSA) is 49.8 Å². The highest BCUT2D eigenvalue weighted by atomic mass is 16.5. The van der Waals surface area contributed by atoms with E-state index in [2.05, 4.69) is 18.7 Å². The zero-order chi connectivity index (χ0) is 10.3. The molecule has 0 aromatic heterocycles. The molecule has 0 aromatic rings. The van der Waals surface area contributed by atoms with Crippen molar-refractivity contribution in [3.05, 3.63) is 0 Å². The quantitative estimate of drug-likeness (QED) is 0.644. The predicted molar refractivity (Wildman–Crippen MR) is 50.8 cm³/mol. The van der Waals surface area contributed by atoms with Gasteiger partial charge in [0.2, 0.25) is 0 Å². The summed E-state index contributed by atoms with van der Waals surface area (Å²) >= 11 is 0. The first kappa shape index (κ1) is 12.4. The molecule has 1 unspecified atom stereocenters. The van der Waals surface area contributed by atoms with Gasteiger partial charge >= 0.3 is 5.97 Å². The molecule has 1 N–H and O–H groups in total. The van der Waals surface area contributed by atoms with Crippen LogP contribution in [0, 0.1) is 0 Å². The number of nitrogens with zero attached hydrogens (tertiary/aromatic N) is 1. The van der Waals surface area contributed by atoms with Gasteiger partial charge in [-0.2, -0.15) is 0 Å². The first-order valence-corrected chi connectivity index (χ1v) is 4.60. The normalized spacial score (nSPS) is 13.2. The summed E-state index contributed by atoms with van der Waals surface area (Å²) in [6, 6.07) is 0. The fourth-order valence-corrected chi connectivity index (χ4v) is 1.19. The van der Waals surface area contributed by atoms with Gasteiger partial charge in [-0.05, 0) is 13.1 Å². The highest BCUT2D eigenvalue weighted by molar-refractivity contribution is 5.67. The Morgan fingerprint density at radius 3 is 2.31 bits per heavy atom. The van der Waals surface area contributed by atoms with Crippen LogP contribution >= 0.6 is 0 Å². The van der Waals surface area contributed by atoms with Gasteiger partial charge in [-0.3, -0.25) is 4.79 Å². The molecule has 0 radical (unpaired) electrons. The third-order valence-corrected chi connectivity index (χ3v) is 2.09. The number of carboxylic acid groups (broad SMARTS) is 1. The number of carbonyl (C=O) groups is 1. The van der Waals surface area contributed by atoms with Crippen LogP contribution in [0.15, 0.2) is 0 Å². The number of rotatable bonds is 7. The van der Waals surface area contributed by atoms with Crippen LogP contribution in [-0.4, -0.2) is 48.8 Å². The Kier molecular flexibility index (Phi) is 6.54. The van der Waals surface area contributed by atoms with Crippen molar-refractivity contribution in [1.82, 2.24) is 4.90 Å². The Hall–Kier alpha value is -0.610. The van der Waals surface area contributed by atoms with Crippen LogP contribution in [0.5, 0.6) is 0 Å². The van der Waals surface area contributed by atoms with Gasteiger partial charge < -0.3 is 14.7 Å². The van der Waals surface area contributed by atoms with Gasteiger partial charge in [-0.1, -0.05) is 13.8 Å². The average Bonchev–Trinajstić information content (AvgIpc) is 2.11. The van der Waals surface area contributed by atoms with Crippen molar-refractivity contribution < 1.29 is 14.6 Å². The second-order valence-electron chi connectivity index (χ2n) is 2.94. The van der Waals surface area contributed by atoms with Crippen LogP contribution in [0.2, 0.25) is 0 Å². The Morgan fingerprint density at radius 2 is 2.00 bits per heavy atom. The van der Waals surface area contributed by atoms with Crippen molar-refractivity contribution in [3.8, 4) is 0 Å². The highest BCUT2D eigenvalue weighted by Gasteiger charge is 2.14. The van der Waals surface area contributed by atoms with Crippen LogP contribution in [-0.2, 0) is 9.53 Å². The zero-order valence-corrected chi connectivity index (χ0v) is 8.62. The number of methoxy groups -OCH3 is 1. The molecule has 78 valence electrons. The van der Waals surface area contributed by atoms with E-state index < -0.39 is 5.97 Å². The van der Waals surface area contributed by atoms with Crippen LogP contribution < -0.4 is 0 Å². The summed E-state index contributed by atoms with van der Waals surface area (Å²) in [5.41, 5.74) is 0. The minimum Gasteiger partial charge on any atom is -0.481 e. The molecule has 1 atom stereocenters. The Balaban J connectivity index is 3.87. The molecule has 0 saturated heterocycles. The van der Waals surface area contributed by atoms with Crippen LogP contribution in [0.3, 0.4) is 0 Å². The summed E-state index contributed by atoms with van der Waals surface area (Å²) in [5.74, 6) is -0.806. The average molecular weight is 189 g/mol. The fraction of sp³-hybridized carbons (Fsp3) is 0.889. The van der Waals surface area contributed by atoms with Crippen LogP contribution in [0.1, 0.15) is 20.3 Å². The number of ether oxygens (including phenoxy) is 1. The van der Waals surface area contributed by atoms with E-state index in [0.717, 1.165) is 13.1 Å². The van der Waals surface area contributed by atoms with Gasteiger partial charge in [0, 0.05) is 13.7 Å². The van der Waals surface area contributed by atoms with E-state index in [0.29, 0.717) is 6.54 Å². The predicted octanol–water partition coefficient (Wildman–Crippen LogP) is 0.818. The maximum Gasteiger partial charge on any atom is 0.306 e. The van der Waals surface area contributed by atoms with E-state index >= 15 is 0 Å². The van der Waals surface area contributed by atoms with E-state index in [1.54, 1.807) is 7.11 Å². The Labute approximate surface area is 79.5 Å². The molecule has 0 aliphatic carbocycles. The lowest BCUT2D eigenvalue weighted by atomic mass is 10.2. The molecular weight excluding hydrogens is 170 g/mol. The van der Waals surface area contributed by atoms with E-state index in [1.807, 2.05) is 0 Å². The van der Waals surface area contributed by atoms with Crippen molar-refractivity contribution in [2.45, 2.75) is 26.4 Å². The molecule has 0 saturated carbocycles. The molecule has 0 aliphatic rings. The largest absolute Gasteiger partial charge is 0.481 e. The Bertz CT molecular complexity index is 146. The van der Waals surface area contributed by atoms with Crippen molar-refractivity contribution in [1.29, 1.82) is 0 Å². The molecule has 0 amide bonds. The third-order valence-electron chi connectivity index (χ3n) is 2.09. The van der Waals surface area contributed by atoms with Crippen LogP contribution in [0.25, 0.3) is 0 Å². The summed E-state index contributed by atoms with van der Waals surface area (Å²) in [5, 5.41) is 8.57. The molecule has 0 heterocycles. The minimum absolute atomic E-state index is 0.0764. The summed E-state index contributed by atoms with van der Waals surface area (Å²) in [6.07, 6.45) is -0.120. The smallest absolute Gasteiger partial charge is 0.306 e. The molecule has 0 spiro atoms. The molecule has 0 bridgehead atoms. The maximum absolute atomic E-state index is 10.4. The maximum atomic E-state index is 10.4. The zero-order valence-electron chi connectivity index (χ0n) is 8.62. The number of carboxylic acids is 1. The first-order chi connectivity index (χ1) is 6.13. The summed E-state index contributed by atoms with van der Waals surface area (Å²) in [6.45, 7) is 6.65. The lowest BCUT2D eigenvalue weighted by Gasteiger charge is -2.23. The fourth-order valence-electron chi connectivity index (χ4n) is 1.19. The highest BCUT2D eigenvalue weighted by Crippen LogP contribution is 2.00. The molecule has 4 nitrogen and oxygen atoms in total. The number of likely N-dealkylation sites (N-methyl/N-ethyl adjacent to an activating group) is 1. The molecule has 0 fully saturated rings. The molecule has 4 heteroatoms. The summed E-state index contributed by atoms with van der Waals surface area (Å²) in [4.78, 5) is 12.6. The molecule has 0 rings (SSSR count). The van der Waals surface area contributed by atoms with E-state index in [4.69, 9.17) is 9.84 Å². The molecule has 13 heavy (non-hydrogen) atoms. The van der Waals surface area contributed by atoms with Gasteiger partial charge in [0.25, 0.3) is 0 Å². The van der Waals surface area contributed by atoms with E-state index in [-0.39, 0.29) is 12.5 Å². The van der Waals surface area contributed by atoms with Crippen molar-refractivity contribution in [2.75, 3.05) is 26.7 Å². The number of aliphatic carboxylic acids is 1. The lowest BCUT2D eigenvalue weighted by Crippen LogP contribution is -2.34. The van der Waals surface area contributed by atoms with E-state index in [9.17, 15) is 4.79 Å². The second-order valence-corrected chi connectivity index (χ2v) is 2.94. The van der Waals surface area contributed by atoms with E-state index in [1.165, 1.54) is 0 Å². The molecule has 0 aromatic carbocycles. The Morgan fingerprint density at radius 1 is 1.46 bits per heavy atom. The molecular formula is C9H19NO3. The second kappa shape index (κ2) is 6.86. The van der Waals surface area contributed by atoms with Crippen molar-refractivity contribution in [2.24, 2.45) is 0 Å². The first-order valence-electron chi connectivity index (χ1n) is 4.60. The van der Waals surface area contributed by atoms with Crippen LogP contribution in [0.4, 0.5) is 0 Å². The van der Waals surface area contributed by atoms with Gasteiger partial charge in [-0.15, -0.1) is 0 Å². The van der Waals surface area contributed by atoms with Gasteiger partial charge in [0.05, 0.1) is 12.5 Å². The van der Waals surface area contributed by atoms with Crippen molar-refractivity contribution >= 4 is 5.97 Å². The number of hydrogen-bond donors (Lipinski definition) is 1. The standard InChI is InChI=1S/C9H19NO3/c1-4-10(5-2)7-8(13-3)6-9(11)12/h8H,4-7H2,1-3H3,(H,11,12). The lowest BCUT2D eigenvalue weighted by molar-refractivity contribution is -0.140. The minimum atomic E-state index is -0.806. The monoisotopic (exact) mass is 189 g/mol. The third kappa shape index (κ3) is 5.60.